The molecular weight excluding hydrogens is 262 g/mol. The van der Waals surface area contributed by atoms with Crippen LogP contribution in [0, 0.1) is 11.3 Å². The van der Waals surface area contributed by atoms with Crippen molar-refractivity contribution in [2.24, 2.45) is 0 Å². The maximum atomic E-state index is 11.6. The van der Waals surface area contributed by atoms with E-state index in [2.05, 4.69) is 6.07 Å². The van der Waals surface area contributed by atoms with Gasteiger partial charge >= 0.3 is 5.97 Å². The fraction of sp³-hybridized carbons (Fsp3) is 0.444. The van der Waals surface area contributed by atoms with Gasteiger partial charge in [-0.05, 0) is 55.7 Å². The van der Waals surface area contributed by atoms with Crippen LogP contribution in [0.3, 0.4) is 0 Å². The van der Waals surface area contributed by atoms with Crippen LogP contribution in [0.2, 0.25) is 0 Å². The largest absolute Gasteiger partial charge is 0.459 e. The number of carbonyl (C=O) groups is 1. The summed E-state index contributed by atoms with van der Waals surface area (Å²) in [6, 6.07) is 9.97. The SMILES string of the molecule is CCC=CC(=O)OC1CCC(c2ccc(C#N)cc2)CC1. The number of nitriles is 1. The molecule has 1 aliphatic rings. The smallest absolute Gasteiger partial charge is 0.330 e. The number of hydrogen-bond acceptors (Lipinski definition) is 3. The summed E-state index contributed by atoms with van der Waals surface area (Å²) in [7, 11) is 0. The molecule has 3 nitrogen and oxygen atoms in total. The molecule has 2 rings (SSSR count). The minimum Gasteiger partial charge on any atom is -0.459 e. The van der Waals surface area contributed by atoms with E-state index in [0.29, 0.717) is 11.5 Å². The van der Waals surface area contributed by atoms with Crippen molar-refractivity contribution in [3.05, 3.63) is 47.5 Å². The molecule has 0 spiro atoms. The van der Waals surface area contributed by atoms with E-state index in [9.17, 15) is 4.79 Å². The summed E-state index contributed by atoms with van der Waals surface area (Å²) in [6.45, 7) is 1.99. The molecule has 1 aliphatic carbocycles. The predicted octanol–water partition coefficient (Wildman–Crippen LogP) is 4.09. The second-order valence-electron chi connectivity index (χ2n) is 5.45. The Kier molecular flexibility index (Phi) is 5.57. The van der Waals surface area contributed by atoms with Gasteiger partial charge in [-0.15, -0.1) is 0 Å². The van der Waals surface area contributed by atoms with Gasteiger partial charge in [-0.25, -0.2) is 4.79 Å². The number of benzene rings is 1. The van der Waals surface area contributed by atoms with Gasteiger partial charge in [0.15, 0.2) is 0 Å². The molecule has 21 heavy (non-hydrogen) atoms. The molecule has 0 unspecified atom stereocenters. The maximum Gasteiger partial charge on any atom is 0.330 e. The van der Waals surface area contributed by atoms with Crippen molar-refractivity contribution >= 4 is 5.97 Å². The molecule has 0 saturated heterocycles. The first kappa shape index (κ1) is 15.3. The molecule has 0 aliphatic heterocycles. The Balaban J connectivity index is 1.84. The number of esters is 1. The van der Waals surface area contributed by atoms with Gasteiger partial charge in [0.1, 0.15) is 6.10 Å². The number of carbonyl (C=O) groups excluding carboxylic acids is 1. The monoisotopic (exact) mass is 283 g/mol. The van der Waals surface area contributed by atoms with Crippen LogP contribution >= 0.6 is 0 Å². The first-order valence-corrected chi connectivity index (χ1v) is 7.60. The molecule has 0 atom stereocenters. The van der Waals surface area contributed by atoms with Crippen molar-refractivity contribution in [1.29, 1.82) is 5.26 Å². The average Bonchev–Trinajstić information content (AvgIpc) is 2.54. The Morgan fingerprint density at radius 3 is 2.52 bits per heavy atom. The molecule has 0 N–H and O–H groups in total. The van der Waals surface area contributed by atoms with Crippen LogP contribution in [0.4, 0.5) is 0 Å². The zero-order valence-corrected chi connectivity index (χ0v) is 12.4. The molecule has 0 bridgehead atoms. The van der Waals surface area contributed by atoms with Gasteiger partial charge in [-0.1, -0.05) is 25.1 Å². The Labute approximate surface area is 126 Å². The lowest BCUT2D eigenvalue weighted by Gasteiger charge is -2.28. The van der Waals surface area contributed by atoms with Crippen LogP contribution in [0.25, 0.3) is 0 Å². The third kappa shape index (κ3) is 4.46. The molecule has 0 heterocycles. The molecule has 0 radical (unpaired) electrons. The van der Waals surface area contributed by atoms with E-state index in [-0.39, 0.29) is 12.1 Å². The highest BCUT2D eigenvalue weighted by molar-refractivity contribution is 5.82. The van der Waals surface area contributed by atoms with Gasteiger partial charge in [-0.2, -0.15) is 5.26 Å². The molecule has 1 fully saturated rings. The van der Waals surface area contributed by atoms with E-state index in [1.165, 1.54) is 11.6 Å². The molecular formula is C18H21NO2. The standard InChI is InChI=1S/C18H21NO2/c1-2-3-4-18(20)21-17-11-9-16(10-12-17)15-7-5-14(13-19)6-8-15/h3-8,16-17H,2,9-12H2,1H3. The highest BCUT2D eigenvalue weighted by atomic mass is 16.5. The minimum absolute atomic E-state index is 0.0497. The number of nitrogens with zero attached hydrogens (tertiary/aromatic N) is 1. The van der Waals surface area contributed by atoms with E-state index < -0.39 is 0 Å². The van der Waals surface area contributed by atoms with E-state index in [4.69, 9.17) is 10.00 Å². The fourth-order valence-corrected chi connectivity index (χ4v) is 2.76. The van der Waals surface area contributed by atoms with Crippen LogP contribution in [0.1, 0.15) is 56.1 Å². The van der Waals surface area contributed by atoms with Crippen molar-refractivity contribution in [3.8, 4) is 6.07 Å². The summed E-state index contributed by atoms with van der Waals surface area (Å²) in [6.07, 6.45) is 8.13. The van der Waals surface area contributed by atoms with Crippen molar-refractivity contribution in [2.45, 2.75) is 51.0 Å². The summed E-state index contributed by atoms with van der Waals surface area (Å²) in [5, 5.41) is 8.82. The zero-order valence-electron chi connectivity index (χ0n) is 12.4. The van der Waals surface area contributed by atoms with Crippen molar-refractivity contribution in [3.63, 3.8) is 0 Å². The average molecular weight is 283 g/mol. The van der Waals surface area contributed by atoms with Gasteiger partial charge in [0.2, 0.25) is 0 Å². The first-order chi connectivity index (χ1) is 10.2. The van der Waals surface area contributed by atoms with Gasteiger partial charge in [0.25, 0.3) is 0 Å². The van der Waals surface area contributed by atoms with E-state index in [0.717, 1.165) is 32.1 Å². The topological polar surface area (TPSA) is 50.1 Å². The Morgan fingerprint density at radius 1 is 1.29 bits per heavy atom. The van der Waals surface area contributed by atoms with Gasteiger partial charge in [0.05, 0.1) is 11.6 Å². The third-order valence-electron chi connectivity index (χ3n) is 3.96. The lowest BCUT2D eigenvalue weighted by Crippen LogP contribution is -2.23. The van der Waals surface area contributed by atoms with Gasteiger partial charge in [-0.3, -0.25) is 0 Å². The van der Waals surface area contributed by atoms with Crippen LogP contribution < -0.4 is 0 Å². The minimum atomic E-state index is -0.223. The summed E-state index contributed by atoms with van der Waals surface area (Å²) in [5.74, 6) is 0.289. The lowest BCUT2D eigenvalue weighted by atomic mass is 9.82. The quantitative estimate of drug-likeness (QED) is 0.617. The summed E-state index contributed by atoms with van der Waals surface area (Å²) >= 11 is 0. The molecule has 110 valence electrons. The van der Waals surface area contributed by atoms with Gasteiger partial charge < -0.3 is 4.74 Å². The van der Waals surface area contributed by atoms with Crippen LogP contribution in [0.5, 0.6) is 0 Å². The molecule has 0 amide bonds. The zero-order chi connectivity index (χ0) is 15.1. The van der Waals surface area contributed by atoms with Crippen molar-refractivity contribution in [2.75, 3.05) is 0 Å². The molecule has 1 aromatic rings. The van der Waals surface area contributed by atoms with Crippen LogP contribution in [0.15, 0.2) is 36.4 Å². The fourth-order valence-electron chi connectivity index (χ4n) is 2.76. The van der Waals surface area contributed by atoms with Crippen molar-refractivity contribution in [1.82, 2.24) is 0 Å². The van der Waals surface area contributed by atoms with Crippen LogP contribution in [-0.2, 0) is 9.53 Å². The Bertz CT molecular complexity index is 531. The number of hydrogen-bond donors (Lipinski definition) is 0. The second kappa shape index (κ2) is 7.64. The second-order valence-corrected chi connectivity index (χ2v) is 5.45. The number of allylic oxidation sites excluding steroid dienone is 1. The molecule has 0 aromatic heterocycles. The third-order valence-corrected chi connectivity index (χ3v) is 3.96. The number of rotatable bonds is 4. The van der Waals surface area contributed by atoms with E-state index in [1.807, 2.05) is 37.3 Å². The maximum absolute atomic E-state index is 11.6. The summed E-state index contributed by atoms with van der Waals surface area (Å²) in [5.41, 5.74) is 1.98. The van der Waals surface area contributed by atoms with Gasteiger partial charge in [0, 0.05) is 6.08 Å². The van der Waals surface area contributed by atoms with Crippen molar-refractivity contribution < 1.29 is 9.53 Å². The number of ether oxygens (including phenoxy) is 1. The molecule has 1 saturated carbocycles. The first-order valence-electron chi connectivity index (χ1n) is 7.60. The normalized spacial score (nSPS) is 21.9. The Hall–Kier alpha value is -2.08. The van der Waals surface area contributed by atoms with Crippen LogP contribution in [-0.4, -0.2) is 12.1 Å². The highest BCUT2D eigenvalue weighted by Crippen LogP contribution is 2.34. The predicted molar refractivity (Wildman–Crippen MR) is 81.7 cm³/mol. The molecule has 1 aromatic carbocycles. The summed E-state index contributed by atoms with van der Waals surface area (Å²) in [4.78, 5) is 11.6. The highest BCUT2D eigenvalue weighted by Gasteiger charge is 2.24. The molecule has 3 heteroatoms. The lowest BCUT2D eigenvalue weighted by molar-refractivity contribution is -0.144. The van der Waals surface area contributed by atoms with E-state index >= 15 is 0 Å². The van der Waals surface area contributed by atoms with E-state index in [1.54, 1.807) is 0 Å². The summed E-state index contributed by atoms with van der Waals surface area (Å²) < 4.78 is 5.45. The Morgan fingerprint density at radius 2 is 1.95 bits per heavy atom.